The van der Waals surface area contributed by atoms with E-state index in [-0.39, 0.29) is 6.54 Å². The number of halogens is 1. The summed E-state index contributed by atoms with van der Waals surface area (Å²) >= 11 is 0. The van der Waals surface area contributed by atoms with E-state index in [0.717, 1.165) is 5.39 Å². The van der Waals surface area contributed by atoms with Crippen LogP contribution >= 0.6 is 0 Å². The van der Waals surface area contributed by atoms with Gasteiger partial charge in [0.1, 0.15) is 23.6 Å². The molecule has 1 unspecified atom stereocenters. The van der Waals surface area contributed by atoms with Gasteiger partial charge >= 0.3 is 0 Å². The number of fused-ring (bicyclic) bond motifs is 1. The average Bonchev–Trinajstić information content (AvgIpc) is 2.58. The van der Waals surface area contributed by atoms with E-state index in [9.17, 15) is 4.39 Å². The Bertz CT molecular complexity index is 629. The van der Waals surface area contributed by atoms with E-state index in [1.54, 1.807) is 13.0 Å². The van der Waals surface area contributed by atoms with Gasteiger partial charge in [-0.15, -0.1) is 0 Å². The van der Waals surface area contributed by atoms with Crippen molar-refractivity contribution < 1.29 is 4.39 Å². The van der Waals surface area contributed by atoms with Gasteiger partial charge in [-0.2, -0.15) is 0 Å². The largest absolute Gasteiger partial charge is 0.384 e. The number of pyridine rings is 1. The van der Waals surface area contributed by atoms with Crippen molar-refractivity contribution in [2.75, 3.05) is 36.8 Å². The fourth-order valence-electron chi connectivity index (χ4n) is 2.47. The molecular weight excluding hydrogens is 259 g/mol. The summed E-state index contributed by atoms with van der Waals surface area (Å²) < 4.78 is 14.3. The zero-order valence-corrected chi connectivity index (χ0v) is 11.3. The number of nitrogen functional groups attached to an aromatic ring is 1. The molecule has 1 atom stereocenters. The molecule has 0 radical (unpaired) electrons. The number of rotatable bonds is 1. The third-order valence-corrected chi connectivity index (χ3v) is 3.37. The first-order chi connectivity index (χ1) is 9.55. The number of nitrogens with two attached hydrogens (primary N) is 1. The third-order valence-electron chi connectivity index (χ3n) is 3.37. The van der Waals surface area contributed by atoms with Gasteiger partial charge in [0.15, 0.2) is 5.65 Å². The highest BCUT2D eigenvalue weighted by atomic mass is 19.1. The number of hydrogen-bond acceptors (Lipinski definition) is 6. The predicted octanol–water partition coefficient (Wildman–Crippen LogP) is 0.745. The molecule has 3 N–H and O–H groups in total. The smallest absolute Gasteiger partial charge is 0.166 e. The number of alkyl halides is 1. The molecule has 0 aromatic carbocycles. The molecule has 2 aromatic heterocycles. The molecule has 1 aliphatic rings. The maximum atomic E-state index is 14.3. The summed E-state index contributed by atoms with van der Waals surface area (Å²) in [6.07, 6.45) is 1.44. The molecule has 6 nitrogen and oxygen atoms in total. The fourth-order valence-corrected chi connectivity index (χ4v) is 2.47. The van der Waals surface area contributed by atoms with Gasteiger partial charge in [-0.3, -0.25) is 0 Å². The van der Waals surface area contributed by atoms with E-state index in [2.05, 4.69) is 20.3 Å². The molecule has 0 aliphatic carbocycles. The first kappa shape index (κ1) is 13.0. The van der Waals surface area contributed by atoms with Gasteiger partial charge in [-0.05, 0) is 19.1 Å². The molecule has 3 rings (SSSR count). The van der Waals surface area contributed by atoms with Gasteiger partial charge in [-0.25, -0.2) is 19.3 Å². The number of nitrogens with one attached hydrogen (secondary N) is 1. The van der Waals surface area contributed by atoms with Crippen LogP contribution in [0.4, 0.5) is 16.0 Å². The summed E-state index contributed by atoms with van der Waals surface area (Å²) in [5.41, 5.74) is 4.90. The van der Waals surface area contributed by atoms with E-state index in [1.807, 2.05) is 11.0 Å². The molecule has 1 fully saturated rings. The van der Waals surface area contributed by atoms with Crippen molar-refractivity contribution in [2.45, 2.75) is 12.6 Å². The Kier molecular flexibility index (Phi) is 3.13. The highest BCUT2D eigenvalue weighted by molar-refractivity contribution is 5.87. The average molecular weight is 276 g/mol. The minimum Gasteiger partial charge on any atom is -0.384 e. The van der Waals surface area contributed by atoms with Gasteiger partial charge < -0.3 is 16.0 Å². The number of anilines is 2. The molecule has 0 spiro atoms. The second-order valence-electron chi connectivity index (χ2n) is 5.32. The predicted molar refractivity (Wildman–Crippen MR) is 76.3 cm³/mol. The molecule has 106 valence electrons. The first-order valence-corrected chi connectivity index (χ1v) is 6.57. The standard InChI is InChI=1S/C13H17FN6/c1-13(14)6-16-4-5-20(7-13)12-9-2-3-10(15)19-11(9)17-8-18-12/h2-3,8,16H,4-7H2,1H3,(H2,15,17,18,19). The normalized spacial score (nSPS) is 23.8. The lowest BCUT2D eigenvalue weighted by Gasteiger charge is -2.27. The Morgan fingerprint density at radius 2 is 2.25 bits per heavy atom. The molecule has 7 heteroatoms. The van der Waals surface area contributed by atoms with Gasteiger partial charge in [0.25, 0.3) is 0 Å². The summed E-state index contributed by atoms with van der Waals surface area (Å²) in [6.45, 7) is 3.63. The summed E-state index contributed by atoms with van der Waals surface area (Å²) in [5.74, 6) is 1.12. The van der Waals surface area contributed by atoms with Crippen LogP contribution in [-0.4, -0.2) is 46.8 Å². The van der Waals surface area contributed by atoms with Crippen molar-refractivity contribution in [1.82, 2.24) is 20.3 Å². The van der Waals surface area contributed by atoms with E-state index < -0.39 is 5.67 Å². The highest BCUT2D eigenvalue weighted by Gasteiger charge is 2.30. The van der Waals surface area contributed by atoms with Crippen LogP contribution in [0.3, 0.4) is 0 Å². The molecule has 1 saturated heterocycles. The Labute approximate surface area is 116 Å². The molecular formula is C13H17FN6. The van der Waals surface area contributed by atoms with Gasteiger partial charge in [0, 0.05) is 19.6 Å². The van der Waals surface area contributed by atoms with Crippen molar-refractivity contribution in [3.63, 3.8) is 0 Å². The van der Waals surface area contributed by atoms with Crippen molar-refractivity contribution in [3.8, 4) is 0 Å². The lowest BCUT2D eigenvalue weighted by molar-refractivity contribution is 0.201. The number of aromatic nitrogens is 3. The Balaban J connectivity index is 2.04. The van der Waals surface area contributed by atoms with Gasteiger partial charge in [0.05, 0.1) is 11.9 Å². The van der Waals surface area contributed by atoms with Crippen molar-refractivity contribution in [2.24, 2.45) is 0 Å². The first-order valence-electron chi connectivity index (χ1n) is 6.57. The molecule has 0 amide bonds. The summed E-state index contributed by atoms with van der Waals surface area (Å²) in [5, 5.41) is 3.89. The van der Waals surface area contributed by atoms with Crippen LogP contribution in [0.1, 0.15) is 6.92 Å². The Hall–Kier alpha value is -2.02. The van der Waals surface area contributed by atoms with Crippen LogP contribution < -0.4 is 16.0 Å². The Morgan fingerprint density at radius 3 is 3.10 bits per heavy atom. The van der Waals surface area contributed by atoms with Crippen LogP contribution in [0.5, 0.6) is 0 Å². The monoisotopic (exact) mass is 276 g/mol. The van der Waals surface area contributed by atoms with Crippen LogP contribution in [0.25, 0.3) is 11.0 Å². The minimum absolute atomic E-state index is 0.288. The quantitative estimate of drug-likeness (QED) is 0.800. The van der Waals surface area contributed by atoms with Crippen LogP contribution in [0, 0.1) is 0 Å². The van der Waals surface area contributed by atoms with Crippen LogP contribution in [0.2, 0.25) is 0 Å². The zero-order chi connectivity index (χ0) is 14.2. The molecule has 20 heavy (non-hydrogen) atoms. The third kappa shape index (κ3) is 2.49. The summed E-state index contributed by atoms with van der Waals surface area (Å²) in [7, 11) is 0. The summed E-state index contributed by atoms with van der Waals surface area (Å²) in [4.78, 5) is 14.5. The van der Waals surface area contributed by atoms with E-state index in [0.29, 0.717) is 36.9 Å². The maximum absolute atomic E-state index is 14.3. The lowest BCUT2D eigenvalue weighted by atomic mass is 10.1. The SMILES string of the molecule is CC1(F)CNCCN(c2ncnc3nc(N)ccc23)C1. The van der Waals surface area contributed by atoms with Crippen molar-refractivity contribution in [3.05, 3.63) is 18.5 Å². The second kappa shape index (κ2) is 4.82. The van der Waals surface area contributed by atoms with Crippen molar-refractivity contribution >= 4 is 22.7 Å². The maximum Gasteiger partial charge on any atom is 0.166 e. The number of nitrogens with zero attached hydrogens (tertiary/aromatic N) is 4. The highest BCUT2D eigenvalue weighted by Crippen LogP contribution is 2.25. The van der Waals surface area contributed by atoms with Crippen LogP contribution in [0.15, 0.2) is 18.5 Å². The van der Waals surface area contributed by atoms with Gasteiger partial charge in [0.2, 0.25) is 0 Å². The molecule has 0 saturated carbocycles. The van der Waals surface area contributed by atoms with E-state index in [4.69, 9.17) is 5.73 Å². The lowest BCUT2D eigenvalue weighted by Crippen LogP contribution is -2.40. The molecule has 0 bridgehead atoms. The van der Waals surface area contributed by atoms with Crippen molar-refractivity contribution in [1.29, 1.82) is 0 Å². The molecule has 2 aromatic rings. The molecule has 1 aliphatic heterocycles. The van der Waals surface area contributed by atoms with E-state index >= 15 is 0 Å². The number of hydrogen-bond donors (Lipinski definition) is 2. The summed E-state index contributed by atoms with van der Waals surface area (Å²) in [6, 6.07) is 3.54. The second-order valence-corrected chi connectivity index (χ2v) is 5.32. The zero-order valence-electron chi connectivity index (χ0n) is 11.3. The molecule has 3 heterocycles. The minimum atomic E-state index is -1.30. The van der Waals surface area contributed by atoms with Gasteiger partial charge in [-0.1, -0.05) is 0 Å². The van der Waals surface area contributed by atoms with E-state index in [1.165, 1.54) is 6.33 Å². The van der Waals surface area contributed by atoms with Crippen LogP contribution in [-0.2, 0) is 0 Å². The topological polar surface area (TPSA) is 80.0 Å². The fraction of sp³-hybridized carbons (Fsp3) is 0.462. The Morgan fingerprint density at radius 1 is 1.40 bits per heavy atom.